The fourth-order valence-electron chi connectivity index (χ4n) is 4.69. The smallest absolute Gasteiger partial charge is 0.266 e. The van der Waals surface area contributed by atoms with E-state index in [1.54, 1.807) is 60.7 Å². The Balaban J connectivity index is 1.41. The van der Waals surface area contributed by atoms with Gasteiger partial charge in [-0.3, -0.25) is 19.4 Å². The second kappa shape index (κ2) is 13.9. The molecule has 0 bridgehead atoms. The number of hydrogen-bond donors (Lipinski definition) is 2. The molecule has 3 aromatic carbocycles. The maximum atomic E-state index is 13.8. The number of carbonyl (C=O) groups excluding carboxylic acids is 3. The number of aryl methyl sites for hydroxylation is 1. The highest BCUT2D eigenvalue weighted by molar-refractivity contribution is 7.90. The number of hydrogen-bond acceptors (Lipinski definition) is 8. The molecule has 11 heteroatoms. The second-order valence-electron chi connectivity index (χ2n) is 10.2. The van der Waals surface area contributed by atoms with Crippen molar-refractivity contribution in [2.45, 2.75) is 30.7 Å². The Morgan fingerprint density at radius 3 is 2.14 bits per heavy atom. The summed E-state index contributed by atoms with van der Waals surface area (Å²) < 4.78 is 32.2. The molecule has 2 atom stereocenters. The predicted molar refractivity (Wildman–Crippen MR) is 164 cm³/mol. The summed E-state index contributed by atoms with van der Waals surface area (Å²) in [5.74, 6) is -3.30. The first kappa shape index (κ1) is 30.3. The molecule has 2 heterocycles. The van der Waals surface area contributed by atoms with Crippen molar-refractivity contribution in [3.05, 3.63) is 132 Å². The van der Waals surface area contributed by atoms with Gasteiger partial charge < -0.3 is 15.1 Å². The van der Waals surface area contributed by atoms with Crippen molar-refractivity contribution in [1.29, 1.82) is 0 Å². The lowest BCUT2D eigenvalue weighted by Crippen LogP contribution is -2.54. The van der Waals surface area contributed by atoms with Crippen LogP contribution >= 0.6 is 0 Å². The Kier molecular flexibility index (Phi) is 9.56. The molecule has 0 aliphatic heterocycles. The normalized spacial score (nSPS) is 12.7. The maximum Gasteiger partial charge on any atom is 0.266 e. The summed E-state index contributed by atoms with van der Waals surface area (Å²) in [6, 6.07) is 25.3. The van der Waals surface area contributed by atoms with Crippen molar-refractivity contribution in [2.24, 2.45) is 0 Å². The Morgan fingerprint density at radius 2 is 1.45 bits per heavy atom. The molecular weight excluding hydrogens is 580 g/mol. The number of nitrogens with one attached hydrogen (secondary N) is 2. The predicted octanol–water partition coefficient (Wildman–Crippen LogP) is 3.94. The van der Waals surface area contributed by atoms with Gasteiger partial charge in [-0.25, -0.2) is 13.4 Å². The highest BCUT2D eigenvalue weighted by Crippen LogP contribution is 2.18. The van der Waals surface area contributed by atoms with E-state index in [1.807, 2.05) is 30.3 Å². The van der Waals surface area contributed by atoms with Crippen LogP contribution in [0, 0.1) is 0 Å². The Bertz CT molecular complexity index is 1810. The summed E-state index contributed by atoms with van der Waals surface area (Å²) in [5.41, 5.74) is 2.52. The quantitative estimate of drug-likeness (QED) is 0.191. The molecule has 224 valence electrons. The number of sulfone groups is 1. The minimum absolute atomic E-state index is 0.147. The van der Waals surface area contributed by atoms with Gasteiger partial charge in [0.05, 0.1) is 23.1 Å². The van der Waals surface area contributed by atoms with Gasteiger partial charge in [0.25, 0.3) is 11.8 Å². The monoisotopic (exact) mass is 610 g/mol. The minimum atomic E-state index is -3.89. The van der Waals surface area contributed by atoms with Gasteiger partial charge in [-0.2, -0.15) is 0 Å². The molecule has 0 aliphatic rings. The summed E-state index contributed by atoms with van der Waals surface area (Å²) in [6.45, 7) is 0. The molecule has 2 amide bonds. The molecule has 10 nitrogen and oxygen atoms in total. The van der Waals surface area contributed by atoms with Crippen molar-refractivity contribution in [3.8, 4) is 0 Å². The zero-order valence-electron chi connectivity index (χ0n) is 23.6. The number of benzene rings is 3. The molecule has 0 spiro atoms. The van der Waals surface area contributed by atoms with Crippen LogP contribution < -0.4 is 10.6 Å². The second-order valence-corrected chi connectivity index (χ2v) is 12.4. The molecule has 0 fully saturated rings. The number of amides is 2. The number of Topliss-reactive ketones (excluding diaryl/α,β-unsaturated/α-hetero) is 1. The third-order valence-electron chi connectivity index (χ3n) is 6.90. The molecule has 2 N–H and O–H groups in total. The average Bonchev–Trinajstić information content (AvgIpc) is 3.48. The van der Waals surface area contributed by atoms with Crippen LogP contribution in [-0.2, 0) is 26.8 Å². The van der Waals surface area contributed by atoms with Gasteiger partial charge in [0.1, 0.15) is 11.6 Å². The van der Waals surface area contributed by atoms with Gasteiger partial charge in [0.2, 0.25) is 11.7 Å². The third kappa shape index (κ3) is 8.01. The van der Waals surface area contributed by atoms with E-state index in [1.165, 1.54) is 18.5 Å². The van der Waals surface area contributed by atoms with Gasteiger partial charge >= 0.3 is 0 Å². The minimum Gasteiger partial charge on any atom is -0.434 e. The number of fused-ring (bicyclic) bond motifs is 1. The molecular formula is C33H30N4O6S. The number of aromatic nitrogens is 2. The topological polar surface area (TPSA) is 148 Å². The van der Waals surface area contributed by atoms with Gasteiger partial charge in [0, 0.05) is 12.4 Å². The van der Waals surface area contributed by atoms with E-state index in [0.717, 1.165) is 5.56 Å². The molecule has 5 rings (SSSR count). The molecule has 0 saturated carbocycles. The van der Waals surface area contributed by atoms with Crippen molar-refractivity contribution in [2.75, 3.05) is 5.75 Å². The lowest BCUT2D eigenvalue weighted by atomic mass is 10.0. The van der Waals surface area contributed by atoms with Gasteiger partial charge in [-0.15, -0.1) is 0 Å². The highest BCUT2D eigenvalue weighted by Gasteiger charge is 2.33. The lowest BCUT2D eigenvalue weighted by Gasteiger charge is -2.22. The van der Waals surface area contributed by atoms with Crippen LogP contribution in [0.3, 0.4) is 0 Å². The van der Waals surface area contributed by atoms with Crippen LogP contribution in [-0.4, -0.2) is 53.8 Å². The zero-order valence-corrected chi connectivity index (χ0v) is 24.4. The Labute approximate surface area is 254 Å². The molecule has 0 aliphatic carbocycles. The lowest BCUT2D eigenvalue weighted by molar-refractivity contribution is -0.123. The van der Waals surface area contributed by atoms with Gasteiger partial charge in [0.15, 0.2) is 15.4 Å². The van der Waals surface area contributed by atoms with Crippen LogP contribution in [0.4, 0.5) is 0 Å². The summed E-state index contributed by atoms with van der Waals surface area (Å²) in [4.78, 5) is 48.7. The number of carbonyl (C=O) groups is 3. The van der Waals surface area contributed by atoms with Crippen molar-refractivity contribution in [1.82, 2.24) is 20.6 Å². The fourth-order valence-corrected chi connectivity index (χ4v) is 6.25. The molecule has 44 heavy (non-hydrogen) atoms. The summed E-state index contributed by atoms with van der Waals surface area (Å²) in [7, 11) is -3.89. The first-order valence-corrected chi connectivity index (χ1v) is 15.8. The molecule has 2 aromatic heterocycles. The van der Waals surface area contributed by atoms with Crippen LogP contribution in [0.2, 0.25) is 0 Å². The number of nitrogens with zero attached hydrogens (tertiary/aromatic N) is 2. The summed E-state index contributed by atoms with van der Waals surface area (Å²) >= 11 is 0. The van der Waals surface area contributed by atoms with E-state index in [9.17, 15) is 22.8 Å². The average molecular weight is 611 g/mol. The van der Waals surface area contributed by atoms with E-state index < -0.39 is 45.3 Å². The van der Waals surface area contributed by atoms with Crippen LogP contribution in [0.15, 0.2) is 114 Å². The van der Waals surface area contributed by atoms with Crippen LogP contribution in [0.5, 0.6) is 0 Å². The van der Waals surface area contributed by atoms with Gasteiger partial charge in [-0.1, -0.05) is 72.8 Å². The number of rotatable bonds is 13. The molecule has 0 unspecified atom stereocenters. The first-order valence-electron chi connectivity index (χ1n) is 14.0. The number of oxazole rings is 1. The van der Waals surface area contributed by atoms with E-state index >= 15 is 0 Å². The van der Waals surface area contributed by atoms with Gasteiger partial charge in [-0.05, 0) is 48.2 Å². The SMILES string of the molecule is O=C(N[C@@H](CS(=O)(=O)Cc1ccccc1)C(=O)N[C@@H](CCc1ccccc1)C(=O)c1nc2ccccc2o1)c1cccnc1. The van der Waals surface area contributed by atoms with Crippen molar-refractivity contribution < 1.29 is 27.2 Å². The Morgan fingerprint density at radius 1 is 0.773 bits per heavy atom. The van der Waals surface area contributed by atoms with Crippen molar-refractivity contribution >= 4 is 38.5 Å². The Hall–Kier alpha value is -5.16. The standard InChI is InChI=1S/C33H30N4O6S/c38-30(33-37-26-15-7-8-16-29(26)43-33)27(18-17-23-10-3-1-4-11-23)35-32(40)28(36-31(39)25-14-9-19-34-20-25)22-44(41,42)21-24-12-5-2-6-13-24/h1-16,19-20,27-28H,17-18,21-22H2,(H,35,40)(H,36,39)/t27-,28-/m0/s1. The fraction of sp³-hybridized carbons (Fsp3) is 0.182. The number of para-hydroxylation sites is 2. The van der Waals surface area contributed by atoms with E-state index in [2.05, 4.69) is 20.6 Å². The van der Waals surface area contributed by atoms with Crippen molar-refractivity contribution in [3.63, 3.8) is 0 Å². The molecule has 5 aromatic rings. The largest absolute Gasteiger partial charge is 0.434 e. The van der Waals surface area contributed by atoms with E-state index in [4.69, 9.17) is 4.42 Å². The summed E-state index contributed by atoms with van der Waals surface area (Å²) in [5, 5.41) is 5.22. The first-order chi connectivity index (χ1) is 21.3. The van der Waals surface area contributed by atoms with Crippen LogP contribution in [0.1, 0.15) is 38.6 Å². The maximum absolute atomic E-state index is 13.8. The third-order valence-corrected chi connectivity index (χ3v) is 8.51. The highest BCUT2D eigenvalue weighted by atomic mass is 32.2. The van der Waals surface area contributed by atoms with Crippen LogP contribution in [0.25, 0.3) is 11.1 Å². The zero-order chi connectivity index (χ0) is 30.9. The molecule has 0 saturated heterocycles. The molecule has 0 radical (unpaired) electrons. The van der Waals surface area contributed by atoms with E-state index in [-0.39, 0.29) is 23.6 Å². The van der Waals surface area contributed by atoms with E-state index in [0.29, 0.717) is 23.1 Å². The number of pyridine rings is 1. The summed E-state index contributed by atoms with van der Waals surface area (Å²) in [6.07, 6.45) is 3.40. The number of ketones is 1.